The van der Waals surface area contributed by atoms with E-state index < -0.39 is 44.6 Å². The van der Waals surface area contributed by atoms with E-state index in [1.165, 1.54) is 24.4 Å². The fraction of sp³-hybridized carbons (Fsp3) is 0.286. The molecule has 40 heavy (non-hydrogen) atoms. The highest BCUT2D eigenvalue weighted by Gasteiger charge is 2.25. The smallest absolute Gasteiger partial charge is 0.223 e. The third kappa shape index (κ3) is 5.59. The summed E-state index contributed by atoms with van der Waals surface area (Å²) < 4.78 is 75.1. The zero-order valence-electron chi connectivity index (χ0n) is 21.8. The van der Waals surface area contributed by atoms with Crippen molar-refractivity contribution in [1.82, 2.24) is 20.3 Å². The molecule has 1 aliphatic rings. The van der Waals surface area contributed by atoms with Crippen molar-refractivity contribution in [2.75, 3.05) is 23.1 Å². The Hall–Kier alpha value is -3.77. The SMILES string of the molecule is C=S(=O)(Nc1cc(F)c(-c2cc(C(C)C)c3nc(N[C@@H]4CNC[C@@H](F)C4)ncc3n2)c(F)c1F)c1ccccc1. The van der Waals surface area contributed by atoms with Crippen LogP contribution in [0.3, 0.4) is 0 Å². The number of nitrogens with one attached hydrogen (secondary N) is 3. The molecule has 1 fully saturated rings. The summed E-state index contributed by atoms with van der Waals surface area (Å²) in [5, 5.41) is 6.13. The molecule has 0 radical (unpaired) electrons. The van der Waals surface area contributed by atoms with Crippen LogP contribution in [0.1, 0.15) is 31.7 Å². The van der Waals surface area contributed by atoms with Gasteiger partial charge in [0, 0.05) is 36.5 Å². The minimum atomic E-state index is -3.30. The summed E-state index contributed by atoms with van der Waals surface area (Å²) in [4.78, 5) is 13.4. The number of aromatic nitrogens is 3. The first-order valence-corrected chi connectivity index (χ1v) is 14.4. The first kappa shape index (κ1) is 27.8. The molecular weight excluding hydrogens is 544 g/mol. The van der Waals surface area contributed by atoms with Crippen LogP contribution in [0.4, 0.5) is 29.2 Å². The number of anilines is 2. The fourth-order valence-electron chi connectivity index (χ4n) is 4.65. The Bertz CT molecular complexity index is 1670. The van der Waals surface area contributed by atoms with Crippen molar-refractivity contribution >= 4 is 38.2 Å². The van der Waals surface area contributed by atoms with E-state index in [9.17, 15) is 8.60 Å². The van der Waals surface area contributed by atoms with Gasteiger partial charge >= 0.3 is 0 Å². The predicted octanol–water partition coefficient (Wildman–Crippen LogP) is 5.45. The van der Waals surface area contributed by atoms with Gasteiger partial charge < -0.3 is 15.4 Å². The number of alkyl halides is 1. The Morgan fingerprint density at radius 1 is 1.07 bits per heavy atom. The van der Waals surface area contributed by atoms with Gasteiger partial charge in [0.1, 0.15) is 17.5 Å². The maximum Gasteiger partial charge on any atom is 0.223 e. The molecule has 4 aromatic rings. The quantitative estimate of drug-likeness (QED) is 0.155. The highest BCUT2D eigenvalue weighted by atomic mass is 32.2. The van der Waals surface area contributed by atoms with Crippen LogP contribution in [-0.4, -0.2) is 50.3 Å². The summed E-state index contributed by atoms with van der Waals surface area (Å²) in [6, 6.07) is 9.97. The lowest BCUT2D eigenvalue weighted by Crippen LogP contribution is -2.44. The largest absolute Gasteiger partial charge is 0.350 e. The van der Waals surface area contributed by atoms with Crippen molar-refractivity contribution in [1.29, 1.82) is 0 Å². The Kier molecular flexibility index (Phi) is 7.65. The molecule has 5 rings (SSSR count). The Balaban J connectivity index is 1.52. The molecule has 1 aliphatic heterocycles. The summed E-state index contributed by atoms with van der Waals surface area (Å²) in [5.74, 6) is -0.290. The number of rotatable bonds is 7. The number of hydrogen-bond donors (Lipinski definition) is 3. The number of halogens is 4. The number of fused-ring (bicyclic) bond motifs is 1. The highest BCUT2D eigenvalue weighted by Crippen LogP contribution is 2.35. The predicted molar refractivity (Wildman–Crippen MR) is 150 cm³/mol. The average Bonchev–Trinajstić information content (AvgIpc) is 2.91. The van der Waals surface area contributed by atoms with Gasteiger partial charge in [0.15, 0.2) is 11.6 Å². The number of nitrogens with zero attached hydrogens (tertiary/aromatic N) is 3. The van der Waals surface area contributed by atoms with Crippen molar-refractivity contribution in [2.24, 2.45) is 0 Å². The number of piperidine rings is 1. The Morgan fingerprint density at radius 3 is 2.52 bits per heavy atom. The van der Waals surface area contributed by atoms with Crippen molar-refractivity contribution in [3.05, 3.63) is 71.7 Å². The van der Waals surface area contributed by atoms with E-state index in [1.807, 2.05) is 13.8 Å². The topological polar surface area (TPSA) is 91.8 Å². The minimum Gasteiger partial charge on any atom is -0.350 e. The van der Waals surface area contributed by atoms with E-state index >= 15 is 13.2 Å². The third-order valence-corrected chi connectivity index (χ3v) is 8.22. The van der Waals surface area contributed by atoms with Crippen LogP contribution in [0.5, 0.6) is 0 Å². The Morgan fingerprint density at radius 2 is 1.82 bits per heavy atom. The van der Waals surface area contributed by atoms with E-state index in [0.29, 0.717) is 30.6 Å². The second kappa shape index (κ2) is 11.0. The zero-order chi connectivity index (χ0) is 28.6. The normalized spacial score (nSPS) is 19.0. The van der Waals surface area contributed by atoms with E-state index in [2.05, 4.69) is 36.2 Å². The molecule has 210 valence electrons. The first-order chi connectivity index (χ1) is 19.0. The van der Waals surface area contributed by atoms with E-state index in [0.717, 1.165) is 6.07 Å². The summed E-state index contributed by atoms with van der Waals surface area (Å²) in [5.41, 5.74) is -0.122. The Labute approximate surface area is 229 Å². The maximum atomic E-state index is 15.4. The molecular formula is C28H28F4N6OS. The van der Waals surface area contributed by atoms with Crippen LogP contribution in [-0.2, 0) is 9.71 Å². The standard InChI is InChI=1S/C28H28F4N6OS/c1-15(2)19-10-21(36-23-14-34-28(37-27(19)23)35-17-9-16(29)12-33-13-17)24-20(30)11-22(25(31)26(24)32)38-40(3,39)18-7-5-4-6-8-18/h4-8,10-11,14-17,33H,3,9,12-13H2,1-2H3,(H,38,39)(H,34,35,37)/t16-,17-,40?/m0/s1. The number of benzene rings is 2. The average molecular weight is 573 g/mol. The van der Waals surface area contributed by atoms with Crippen LogP contribution in [0, 0.1) is 17.5 Å². The molecule has 1 unspecified atom stereocenters. The molecule has 2 aromatic carbocycles. The zero-order valence-corrected chi connectivity index (χ0v) is 22.7. The van der Waals surface area contributed by atoms with Crippen LogP contribution in [0.15, 0.2) is 53.6 Å². The van der Waals surface area contributed by atoms with Gasteiger partial charge in [-0.15, -0.1) is 0 Å². The van der Waals surface area contributed by atoms with Gasteiger partial charge in [0.05, 0.1) is 38.4 Å². The molecule has 3 N–H and O–H groups in total. The summed E-state index contributed by atoms with van der Waals surface area (Å²) in [7, 11) is -3.30. The molecule has 3 heterocycles. The van der Waals surface area contributed by atoms with Crippen molar-refractivity contribution in [3.8, 4) is 11.3 Å². The van der Waals surface area contributed by atoms with Crippen molar-refractivity contribution < 1.29 is 21.8 Å². The molecule has 0 aliphatic carbocycles. The van der Waals surface area contributed by atoms with Gasteiger partial charge in [0.2, 0.25) is 5.95 Å². The second-order valence-electron chi connectivity index (χ2n) is 10.0. The monoisotopic (exact) mass is 572 g/mol. The molecule has 1 saturated heterocycles. The van der Waals surface area contributed by atoms with Gasteiger partial charge in [0.25, 0.3) is 0 Å². The van der Waals surface area contributed by atoms with Gasteiger partial charge in [-0.3, -0.25) is 0 Å². The van der Waals surface area contributed by atoms with E-state index in [-0.39, 0.29) is 34.0 Å². The second-order valence-corrected chi connectivity index (χ2v) is 12.0. The van der Waals surface area contributed by atoms with E-state index in [4.69, 9.17) is 0 Å². The lowest BCUT2D eigenvalue weighted by Gasteiger charge is -2.26. The van der Waals surface area contributed by atoms with Gasteiger partial charge in [-0.25, -0.2) is 36.7 Å². The first-order valence-electron chi connectivity index (χ1n) is 12.7. The summed E-state index contributed by atoms with van der Waals surface area (Å²) in [6.45, 7) is 4.61. The third-order valence-electron chi connectivity index (χ3n) is 6.64. The summed E-state index contributed by atoms with van der Waals surface area (Å²) in [6.07, 6.45) is 0.738. The lowest BCUT2D eigenvalue weighted by atomic mass is 9.98. The van der Waals surface area contributed by atoms with Crippen LogP contribution >= 0.6 is 0 Å². The van der Waals surface area contributed by atoms with E-state index in [1.54, 1.807) is 18.2 Å². The fourth-order valence-corrected chi connectivity index (χ4v) is 5.87. The number of hydrogen-bond acceptors (Lipinski definition) is 6. The molecule has 0 saturated carbocycles. The molecule has 0 bridgehead atoms. The number of pyridine rings is 1. The molecule has 2 aromatic heterocycles. The lowest BCUT2D eigenvalue weighted by molar-refractivity contribution is 0.254. The molecule has 0 amide bonds. The molecule has 3 atom stereocenters. The highest BCUT2D eigenvalue weighted by molar-refractivity contribution is 8.01. The minimum absolute atomic E-state index is 0.141. The molecule has 12 heteroatoms. The summed E-state index contributed by atoms with van der Waals surface area (Å²) >= 11 is 0. The van der Waals surface area contributed by atoms with Crippen molar-refractivity contribution in [2.45, 2.75) is 43.3 Å². The molecule has 0 spiro atoms. The van der Waals surface area contributed by atoms with Gasteiger partial charge in [-0.05, 0) is 35.6 Å². The van der Waals surface area contributed by atoms with Crippen molar-refractivity contribution in [3.63, 3.8) is 0 Å². The van der Waals surface area contributed by atoms with Crippen LogP contribution in [0.25, 0.3) is 22.3 Å². The van der Waals surface area contributed by atoms with Gasteiger partial charge in [-0.1, -0.05) is 32.0 Å². The maximum absolute atomic E-state index is 15.4. The van der Waals surface area contributed by atoms with Crippen LogP contribution < -0.4 is 15.4 Å². The van der Waals surface area contributed by atoms with Gasteiger partial charge in [-0.2, -0.15) is 0 Å². The van der Waals surface area contributed by atoms with Crippen LogP contribution in [0.2, 0.25) is 0 Å². The molecule has 7 nitrogen and oxygen atoms in total.